The maximum Gasteiger partial charge on any atom is 0.316 e. The van der Waals surface area contributed by atoms with Crippen LogP contribution in [0.5, 0.6) is 6.01 Å². The van der Waals surface area contributed by atoms with Crippen molar-refractivity contribution in [3.63, 3.8) is 0 Å². The molecule has 0 saturated carbocycles. The molecule has 0 aliphatic carbocycles. The summed E-state index contributed by atoms with van der Waals surface area (Å²) in [5, 5.41) is 11.0. The number of piperidine rings is 1. The average molecular weight is 457 g/mol. The summed E-state index contributed by atoms with van der Waals surface area (Å²) in [5.74, 6) is 0. The second-order valence-corrected chi connectivity index (χ2v) is 8.96. The topological polar surface area (TPSA) is 116 Å². The van der Waals surface area contributed by atoms with E-state index in [0.717, 1.165) is 6.07 Å². The molecule has 1 fully saturated rings. The van der Waals surface area contributed by atoms with Crippen molar-refractivity contribution >= 4 is 31.6 Å². The van der Waals surface area contributed by atoms with Crippen LogP contribution in [0.2, 0.25) is 0 Å². The SMILES string of the molecule is Cc1ccc([N+](=O)[O-])cc1S(=O)(=O)N1CCCC(Oc2ncc(Br)cn2)C1. The fraction of sp³-hybridized carbons (Fsp3) is 0.375. The minimum absolute atomic E-state index is 0.0581. The molecule has 0 radical (unpaired) electrons. The number of rotatable bonds is 5. The first kappa shape index (κ1) is 19.6. The lowest BCUT2D eigenvalue weighted by Gasteiger charge is -2.31. The maximum atomic E-state index is 13.0. The molecule has 1 aliphatic heterocycles. The van der Waals surface area contributed by atoms with Gasteiger partial charge in [-0.2, -0.15) is 4.31 Å². The zero-order valence-electron chi connectivity index (χ0n) is 14.4. The van der Waals surface area contributed by atoms with Gasteiger partial charge in [0.15, 0.2) is 0 Å². The lowest BCUT2D eigenvalue weighted by molar-refractivity contribution is -0.385. The lowest BCUT2D eigenvalue weighted by atomic mass is 10.1. The molecule has 0 spiro atoms. The van der Waals surface area contributed by atoms with Crippen LogP contribution in [0.25, 0.3) is 0 Å². The Kier molecular flexibility index (Phi) is 5.72. The fourth-order valence-corrected chi connectivity index (χ4v) is 4.81. The summed E-state index contributed by atoms with van der Waals surface area (Å²) >= 11 is 3.24. The van der Waals surface area contributed by atoms with Crippen molar-refractivity contribution in [1.82, 2.24) is 14.3 Å². The third-order valence-electron chi connectivity index (χ3n) is 4.21. The number of aryl methyl sites for hydroxylation is 1. The van der Waals surface area contributed by atoms with E-state index in [1.807, 2.05) is 0 Å². The molecular formula is C16H17BrN4O5S. The van der Waals surface area contributed by atoms with Gasteiger partial charge >= 0.3 is 6.01 Å². The molecule has 11 heteroatoms. The second-order valence-electron chi connectivity index (χ2n) is 6.14. The van der Waals surface area contributed by atoms with Crippen LogP contribution in [0.15, 0.2) is 40.0 Å². The summed E-state index contributed by atoms with van der Waals surface area (Å²) in [6.07, 6.45) is 3.97. The van der Waals surface area contributed by atoms with E-state index in [1.54, 1.807) is 19.3 Å². The van der Waals surface area contributed by atoms with E-state index in [0.29, 0.717) is 29.4 Å². The van der Waals surface area contributed by atoms with Crippen molar-refractivity contribution < 1.29 is 18.1 Å². The highest BCUT2D eigenvalue weighted by atomic mass is 79.9. The highest BCUT2D eigenvalue weighted by Gasteiger charge is 2.33. The number of nitro benzene ring substituents is 1. The van der Waals surface area contributed by atoms with Crippen molar-refractivity contribution in [3.05, 3.63) is 50.7 Å². The van der Waals surface area contributed by atoms with E-state index in [2.05, 4.69) is 25.9 Å². The van der Waals surface area contributed by atoms with E-state index in [1.165, 1.54) is 16.4 Å². The maximum absolute atomic E-state index is 13.0. The Hall–Kier alpha value is -2.11. The second kappa shape index (κ2) is 7.87. The third kappa shape index (κ3) is 4.42. The number of nitro groups is 1. The molecule has 0 bridgehead atoms. The molecule has 144 valence electrons. The van der Waals surface area contributed by atoms with Gasteiger partial charge in [0, 0.05) is 31.1 Å². The van der Waals surface area contributed by atoms with Gasteiger partial charge in [-0.15, -0.1) is 0 Å². The molecule has 1 unspecified atom stereocenters. The minimum Gasteiger partial charge on any atom is -0.459 e. The number of benzene rings is 1. The third-order valence-corrected chi connectivity index (χ3v) is 6.63. The Bertz CT molecular complexity index is 952. The van der Waals surface area contributed by atoms with E-state index < -0.39 is 21.1 Å². The molecule has 1 saturated heterocycles. The first-order chi connectivity index (χ1) is 12.8. The van der Waals surface area contributed by atoms with Crippen molar-refractivity contribution in [2.45, 2.75) is 30.8 Å². The number of halogens is 1. The first-order valence-electron chi connectivity index (χ1n) is 8.17. The van der Waals surface area contributed by atoms with Gasteiger partial charge in [0.25, 0.3) is 5.69 Å². The Morgan fingerprint density at radius 2 is 2.04 bits per heavy atom. The van der Waals surface area contributed by atoms with Crippen molar-refractivity contribution in [2.75, 3.05) is 13.1 Å². The number of hydrogen-bond donors (Lipinski definition) is 0. The van der Waals surface area contributed by atoms with Gasteiger partial charge < -0.3 is 4.74 Å². The zero-order chi connectivity index (χ0) is 19.6. The number of non-ortho nitro benzene ring substituents is 1. The summed E-state index contributed by atoms with van der Waals surface area (Å²) in [6.45, 7) is 2.07. The van der Waals surface area contributed by atoms with Crippen LogP contribution in [0.1, 0.15) is 18.4 Å². The first-order valence-corrected chi connectivity index (χ1v) is 10.4. The largest absolute Gasteiger partial charge is 0.459 e. The standard InChI is InChI=1S/C16H17BrN4O5S/c1-11-4-5-13(21(22)23)7-15(11)27(24,25)20-6-2-3-14(10-20)26-16-18-8-12(17)9-19-16/h4-5,7-9,14H,2-3,6,10H2,1H3. The lowest BCUT2D eigenvalue weighted by Crippen LogP contribution is -2.44. The number of hydrogen-bond acceptors (Lipinski definition) is 7. The van der Waals surface area contributed by atoms with Crippen LogP contribution in [0.4, 0.5) is 5.69 Å². The Labute approximate surface area is 164 Å². The molecule has 0 N–H and O–H groups in total. The van der Waals surface area contributed by atoms with Crippen molar-refractivity contribution in [1.29, 1.82) is 0 Å². The van der Waals surface area contributed by atoms with Gasteiger partial charge in [0.2, 0.25) is 10.0 Å². The summed E-state index contributed by atoms with van der Waals surface area (Å²) in [7, 11) is -3.88. The number of aromatic nitrogens is 2. The van der Waals surface area contributed by atoms with Crippen LogP contribution in [0.3, 0.4) is 0 Å². The van der Waals surface area contributed by atoms with Gasteiger partial charge in [-0.05, 0) is 41.3 Å². The summed E-state index contributed by atoms with van der Waals surface area (Å²) in [4.78, 5) is 18.4. The van der Waals surface area contributed by atoms with E-state index in [-0.39, 0.29) is 23.1 Å². The average Bonchev–Trinajstić information content (AvgIpc) is 2.64. The summed E-state index contributed by atoms with van der Waals surface area (Å²) in [6, 6.07) is 4.02. The Morgan fingerprint density at radius 3 is 2.70 bits per heavy atom. The van der Waals surface area contributed by atoms with Crippen molar-refractivity contribution in [3.8, 4) is 6.01 Å². The van der Waals surface area contributed by atoms with Gasteiger partial charge in [-0.3, -0.25) is 10.1 Å². The van der Waals surface area contributed by atoms with Gasteiger partial charge in [-0.25, -0.2) is 18.4 Å². The predicted octanol–water partition coefficient (Wildman–Crippen LogP) is 2.69. The Morgan fingerprint density at radius 1 is 1.33 bits per heavy atom. The van der Waals surface area contributed by atoms with Crippen LogP contribution in [-0.2, 0) is 10.0 Å². The molecule has 1 aliphatic rings. The summed E-state index contributed by atoms with van der Waals surface area (Å²) in [5.41, 5.74) is 0.201. The fourth-order valence-electron chi connectivity index (χ4n) is 2.85. The minimum atomic E-state index is -3.88. The van der Waals surface area contributed by atoms with E-state index in [4.69, 9.17) is 4.74 Å². The molecule has 3 rings (SSSR count). The molecule has 1 aromatic carbocycles. The summed E-state index contributed by atoms with van der Waals surface area (Å²) < 4.78 is 33.8. The molecule has 1 atom stereocenters. The molecule has 9 nitrogen and oxygen atoms in total. The van der Waals surface area contributed by atoms with Crippen molar-refractivity contribution in [2.24, 2.45) is 0 Å². The van der Waals surface area contributed by atoms with Crippen LogP contribution < -0.4 is 4.74 Å². The molecule has 2 aromatic rings. The zero-order valence-corrected chi connectivity index (χ0v) is 16.8. The number of sulfonamides is 1. The van der Waals surface area contributed by atoms with Crippen LogP contribution >= 0.6 is 15.9 Å². The van der Waals surface area contributed by atoms with Gasteiger partial charge in [0.05, 0.1) is 20.8 Å². The molecule has 2 heterocycles. The monoisotopic (exact) mass is 456 g/mol. The molecule has 1 aromatic heterocycles. The number of nitrogens with zero attached hydrogens (tertiary/aromatic N) is 4. The van der Waals surface area contributed by atoms with E-state index >= 15 is 0 Å². The molecular weight excluding hydrogens is 440 g/mol. The van der Waals surface area contributed by atoms with Gasteiger partial charge in [0.1, 0.15) is 6.10 Å². The normalized spacial score (nSPS) is 18.2. The Balaban J connectivity index is 1.81. The highest BCUT2D eigenvalue weighted by molar-refractivity contribution is 9.10. The van der Waals surface area contributed by atoms with Crippen LogP contribution in [0, 0.1) is 17.0 Å². The molecule has 27 heavy (non-hydrogen) atoms. The quantitative estimate of drug-likeness (QED) is 0.501. The van der Waals surface area contributed by atoms with Gasteiger partial charge in [-0.1, -0.05) is 6.07 Å². The highest BCUT2D eigenvalue weighted by Crippen LogP contribution is 2.27. The molecule has 0 amide bonds. The predicted molar refractivity (Wildman–Crippen MR) is 100.0 cm³/mol. The van der Waals surface area contributed by atoms with E-state index in [9.17, 15) is 18.5 Å². The number of ether oxygens (including phenoxy) is 1. The van der Waals surface area contributed by atoms with Crippen LogP contribution in [-0.4, -0.2) is 46.8 Å². The smallest absolute Gasteiger partial charge is 0.316 e.